The van der Waals surface area contributed by atoms with Crippen molar-refractivity contribution in [1.29, 1.82) is 0 Å². The lowest BCUT2D eigenvalue weighted by Gasteiger charge is -2.24. The van der Waals surface area contributed by atoms with Gasteiger partial charge in [0.1, 0.15) is 0 Å². The van der Waals surface area contributed by atoms with E-state index < -0.39 is 34.1 Å². The summed E-state index contributed by atoms with van der Waals surface area (Å²) in [5.74, 6) is -16.3. The molecule has 1 aromatic carbocycles. The largest absolute Gasteiger partial charge is 0.477 e. The standard InChI is InChI=1S/C7H8O3S.C4HF7O2/c1-6-2-4-7(5-3-6)11(8,9)10;5-2(6,1(12)13)3(7,8)4(9,10)11/h2-5H,1H3,(H,8,9,10);(H,12,13). The number of rotatable bonds is 3. The van der Waals surface area contributed by atoms with E-state index >= 15 is 0 Å². The summed E-state index contributed by atoms with van der Waals surface area (Å²) in [6, 6.07) is 5.99. The lowest BCUT2D eigenvalue weighted by Crippen LogP contribution is -2.56. The average Bonchev–Trinajstić information content (AvgIpc) is 2.37. The van der Waals surface area contributed by atoms with Crippen molar-refractivity contribution in [3.8, 4) is 0 Å². The summed E-state index contributed by atoms with van der Waals surface area (Å²) < 4.78 is 110. The highest BCUT2D eigenvalue weighted by Gasteiger charge is 2.76. The number of carboxylic acid groups (broad SMARTS) is 1. The Labute approximate surface area is 130 Å². The lowest BCUT2D eigenvalue weighted by molar-refractivity contribution is -0.347. The minimum atomic E-state index is -6.60. The molecule has 0 aliphatic heterocycles. The molecule has 138 valence electrons. The van der Waals surface area contributed by atoms with Crippen molar-refractivity contribution in [3.63, 3.8) is 0 Å². The number of aryl methyl sites for hydroxylation is 1. The van der Waals surface area contributed by atoms with Gasteiger partial charge in [-0.1, -0.05) is 17.7 Å². The van der Waals surface area contributed by atoms with E-state index in [1.165, 1.54) is 12.1 Å². The van der Waals surface area contributed by atoms with Crippen LogP contribution in [0.2, 0.25) is 0 Å². The molecule has 13 heteroatoms. The Morgan fingerprint density at radius 2 is 1.33 bits per heavy atom. The number of carboxylic acids is 1. The maximum absolute atomic E-state index is 11.8. The van der Waals surface area contributed by atoms with Crippen LogP contribution in [0.15, 0.2) is 29.2 Å². The fraction of sp³-hybridized carbons (Fsp3) is 0.364. The summed E-state index contributed by atoms with van der Waals surface area (Å²) in [7, 11) is -4.02. The topological polar surface area (TPSA) is 91.7 Å². The molecule has 24 heavy (non-hydrogen) atoms. The molecule has 0 atom stereocenters. The van der Waals surface area contributed by atoms with Crippen molar-refractivity contribution in [1.82, 2.24) is 0 Å². The van der Waals surface area contributed by atoms with Crippen LogP contribution in [0.1, 0.15) is 5.56 Å². The second kappa shape index (κ2) is 6.93. The third kappa shape index (κ3) is 5.06. The predicted octanol–water partition coefficient (Wildman–Crippen LogP) is 3.15. The molecule has 5 nitrogen and oxygen atoms in total. The maximum atomic E-state index is 11.8. The molecule has 0 spiro atoms. The Bertz CT molecular complexity index is 680. The SMILES string of the molecule is Cc1ccc(S(=O)(=O)O)cc1.O=C(O)C(F)(F)C(F)(F)C(F)(F)F. The van der Waals surface area contributed by atoms with Crippen molar-refractivity contribution >= 4 is 16.1 Å². The molecule has 0 aliphatic rings. The van der Waals surface area contributed by atoms with Crippen LogP contribution >= 0.6 is 0 Å². The van der Waals surface area contributed by atoms with Gasteiger partial charge in [0.05, 0.1) is 4.90 Å². The van der Waals surface area contributed by atoms with Gasteiger partial charge in [0, 0.05) is 0 Å². The summed E-state index contributed by atoms with van der Waals surface area (Å²) in [6.45, 7) is 1.84. The number of carbonyl (C=O) groups is 1. The average molecular weight is 386 g/mol. The highest BCUT2D eigenvalue weighted by Crippen LogP contribution is 2.46. The first-order valence-corrected chi connectivity index (χ1v) is 6.98. The fourth-order valence-corrected chi connectivity index (χ4v) is 1.50. The zero-order chi connectivity index (χ0) is 19.6. The number of hydrogen-bond acceptors (Lipinski definition) is 3. The molecule has 0 heterocycles. The molecule has 0 radical (unpaired) electrons. The molecule has 0 aliphatic carbocycles. The van der Waals surface area contributed by atoms with Gasteiger partial charge in [0.15, 0.2) is 0 Å². The highest BCUT2D eigenvalue weighted by atomic mass is 32.2. The first-order valence-electron chi connectivity index (χ1n) is 5.54. The minimum absolute atomic E-state index is 0.0666. The van der Waals surface area contributed by atoms with E-state index in [1.807, 2.05) is 6.92 Å². The van der Waals surface area contributed by atoms with Crippen molar-refractivity contribution in [2.45, 2.75) is 29.8 Å². The van der Waals surface area contributed by atoms with Gasteiger partial charge in [-0.2, -0.15) is 39.2 Å². The second-order valence-corrected chi connectivity index (χ2v) is 5.66. The van der Waals surface area contributed by atoms with Gasteiger partial charge in [-0.15, -0.1) is 0 Å². The monoisotopic (exact) mass is 386 g/mol. The zero-order valence-corrected chi connectivity index (χ0v) is 12.3. The first-order chi connectivity index (χ1) is 10.4. The molecule has 0 unspecified atom stereocenters. The lowest BCUT2D eigenvalue weighted by atomic mass is 10.1. The molecule has 0 bridgehead atoms. The van der Waals surface area contributed by atoms with Crippen molar-refractivity contribution < 1.29 is 53.6 Å². The molecule has 0 saturated carbocycles. The van der Waals surface area contributed by atoms with Crippen LogP contribution in [0.5, 0.6) is 0 Å². The predicted molar refractivity (Wildman–Crippen MR) is 64.6 cm³/mol. The number of halogens is 7. The Balaban J connectivity index is 0.000000446. The molecule has 0 fully saturated rings. The number of aliphatic carboxylic acids is 1. The van der Waals surface area contributed by atoms with Crippen LogP contribution < -0.4 is 0 Å². The van der Waals surface area contributed by atoms with Gasteiger partial charge in [-0.3, -0.25) is 4.55 Å². The van der Waals surface area contributed by atoms with E-state index in [-0.39, 0.29) is 4.90 Å². The Hall–Kier alpha value is -1.89. The summed E-state index contributed by atoms with van der Waals surface area (Å²) in [6.07, 6.45) is -6.60. The van der Waals surface area contributed by atoms with Crippen LogP contribution in [0.25, 0.3) is 0 Å². The molecule has 2 N–H and O–H groups in total. The van der Waals surface area contributed by atoms with Gasteiger partial charge < -0.3 is 5.11 Å². The van der Waals surface area contributed by atoms with E-state index in [0.717, 1.165) is 5.56 Å². The second-order valence-electron chi connectivity index (χ2n) is 4.24. The van der Waals surface area contributed by atoms with Crippen molar-refractivity contribution in [2.24, 2.45) is 0 Å². The molecule has 0 saturated heterocycles. The Morgan fingerprint density at radius 1 is 0.958 bits per heavy atom. The van der Waals surface area contributed by atoms with Crippen LogP contribution in [-0.2, 0) is 14.9 Å². The highest BCUT2D eigenvalue weighted by molar-refractivity contribution is 7.85. The normalized spacial score (nSPS) is 13.0. The Morgan fingerprint density at radius 3 is 1.54 bits per heavy atom. The van der Waals surface area contributed by atoms with Gasteiger partial charge in [-0.05, 0) is 19.1 Å². The van der Waals surface area contributed by atoms with Crippen molar-refractivity contribution in [2.75, 3.05) is 0 Å². The van der Waals surface area contributed by atoms with Crippen LogP contribution in [0.4, 0.5) is 30.7 Å². The van der Waals surface area contributed by atoms with Crippen LogP contribution in [0.3, 0.4) is 0 Å². The molecule has 0 amide bonds. The van der Waals surface area contributed by atoms with Crippen LogP contribution in [-0.4, -0.2) is 42.1 Å². The van der Waals surface area contributed by atoms with E-state index in [1.54, 1.807) is 12.1 Å². The summed E-state index contributed by atoms with van der Waals surface area (Å²) in [5, 5.41) is 7.41. The third-order valence-electron chi connectivity index (χ3n) is 2.34. The molecule has 1 aromatic rings. The van der Waals surface area contributed by atoms with Gasteiger partial charge in [0.2, 0.25) is 0 Å². The van der Waals surface area contributed by atoms with Gasteiger partial charge >= 0.3 is 24.0 Å². The maximum Gasteiger partial charge on any atom is 0.460 e. The molecular formula is C11H9F7O5S. The number of hydrogen-bond donors (Lipinski definition) is 2. The fourth-order valence-electron chi connectivity index (χ4n) is 1.02. The van der Waals surface area contributed by atoms with E-state index in [9.17, 15) is 43.9 Å². The molecule has 1 rings (SSSR count). The van der Waals surface area contributed by atoms with E-state index in [4.69, 9.17) is 9.66 Å². The van der Waals surface area contributed by atoms with Gasteiger partial charge in [0.25, 0.3) is 10.1 Å². The minimum Gasteiger partial charge on any atom is -0.477 e. The zero-order valence-electron chi connectivity index (χ0n) is 11.5. The van der Waals surface area contributed by atoms with E-state index in [0.29, 0.717) is 0 Å². The summed E-state index contributed by atoms with van der Waals surface area (Å²) in [4.78, 5) is 9.32. The third-order valence-corrected chi connectivity index (χ3v) is 3.21. The Kier molecular flexibility index (Phi) is 6.38. The van der Waals surface area contributed by atoms with E-state index in [2.05, 4.69) is 0 Å². The van der Waals surface area contributed by atoms with Crippen molar-refractivity contribution in [3.05, 3.63) is 29.8 Å². The first kappa shape index (κ1) is 22.1. The number of benzene rings is 1. The molecular weight excluding hydrogens is 377 g/mol. The summed E-state index contributed by atoms with van der Waals surface area (Å²) >= 11 is 0. The number of alkyl halides is 7. The van der Waals surface area contributed by atoms with Crippen LogP contribution in [0, 0.1) is 6.92 Å². The smallest absolute Gasteiger partial charge is 0.460 e. The summed E-state index contributed by atoms with van der Waals surface area (Å²) in [5.41, 5.74) is 0.956. The quantitative estimate of drug-likeness (QED) is 0.615. The molecule has 0 aromatic heterocycles. The van der Waals surface area contributed by atoms with Gasteiger partial charge in [-0.25, -0.2) is 4.79 Å².